The summed E-state index contributed by atoms with van der Waals surface area (Å²) in [6.45, 7) is 0.408. The molecule has 5 heteroatoms. The van der Waals surface area contributed by atoms with Crippen molar-refractivity contribution < 1.29 is 9.13 Å². The van der Waals surface area contributed by atoms with E-state index in [4.69, 9.17) is 27.3 Å². The molecule has 0 heterocycles. The van der Waals surface area contributed by atoms with E-state index < -0.39 is 5.82 Å². The van der Waals surface area contributed by atoms with Crippen LogP contribution in [-0.4, -0.2) is 0 Å². The van der Waals surface area contributed by atoms with Crippen LogP contribution in [-0.2, 0) is 13.2 Å². The number of para-hydroxylation sites is 1. The van der Waals surface area contributed by atoms with Gasteiger partial charge in [-0.3, -0.25) is 0 Å². The number of nitriles is 1. The molecule has 2 rings (SSSR count). The Morgan fingerprint density at radius 3 is 2.80 bits per heavy atom. The van der Waals surface area contributed by atoms with E-state index in [9.17, 15) is 4.39 Å². The first-order valence-corrected chi connectivity index (χ1v) is 6.31. The van der Waals surface area contributed by atoms with Gasteiger partial charge in [0.05, 0.1) is 16.7 Å². The van der Waals surface area contributed by atoms with Crippen molar-refractivity contribution in [1.29, 1.82) is 5.26 Å². The highest BCUT2D eigenvalue weighted by Crippen LogP contribution is 2.29. The molecule has 0 unspecified atom stereocenters. The van der Waals surface area contributed by atoms with E-state index >= 15 is 0 Å². The van der Waals surface area contributed by atoms with Gasteiger partial charge in [-0.05, 0) is 29.8 Å². The molecule has 2 aromatic carbocycles. The molecule has 20 heavy (non-hydrogen) atoms. The minimum Gasteiger partial charge on any atom is -0.487 e. The molecule has 2 N–H and O–H groups in total. The van der Waals surface area contributed by atoms with E-state index in [1.54, 1.807) is 18.2 Å². The number of hydrogen-bond acceptors (Lipinski definition) is 3. The summed E-state index contributed by atoms with van der Waals surface area (Å²) >= 11 is 6.06. The van der Waals surface area contributed by atoms with Gasteiger partial charge in [0.1, 0.15) is 18.2 Å². The molecule has 3 nitrogen and oxygen atoms in total. The molecule has 0 radical (unpaired) electrons. The Morgan fingerprint density at radius 1 is 1.30 bits per heavy atom. The van der Waals surface area contributed by atoms with Crippen LogP contribution in [0.1, 0.15) is 16.7 Å². The lowest BCUT2D eigenvalue weighted by Crippen LogP contribution is -2.03. The quantitative estimate of drug-likeness (QED) is 0.939. The molecule has 0 amide bonds. The number of benzene rings is 2. The van der Waals surface area contributed by atoms with Crippen molar-refractivity contribution in [2.45, 2.75) is 13.2 Å². The van der Waals surface area contributed by atoms with Crippen LogP contribution in [0.15, 0.2) is 36.4 Å². The topological polar surface area (TPSA) is 59.0 Å². The minimum absolute atomic E-state index is 0.114. The second-order valence-corrected chi connectivity index (χ2v) is 4.59. The number of hydrogen-bond donors (Lipinski definition) is 1. The monoisotopic (exact) mass is 290 g/mol. The first-order chi connectivity index (χ1) is 9.63. The van der Waals surface area contributed by atoms with Gasteiger partial charge in [0.15, 0.2) is 0 Å². The van der Waals surface area contributed by atoms with E-state index in [0.29, 0.717) is 22.9 Å². The van der Waals surface area contributed by atoms with Gasteiger partial charge in [-0.15, -0.1) is 0 Å². The predicted octanol–water partition coefficient (Wildman–Crippen LogP) is 3.39. The third kappa shape index (κ3) is 3.27. The summed E-state index contributed by atoms with van der Waals surface area (Å²) in [5, 5.41) is 9.25. The highest BCUT2D eigenvalue weighted by molar-refractivity contribution is 6.32. The average Bonchev–Trinajstić information content (AvgIpc) is 2.45. The minimum atomic E-state index is -0.471. The number of nitrogens with zero attached hydrogens (tertiary/aromatic N) is 1. The lowest BCUT2D eigenvalue weighted by Gasteiger charge is -2.12. The van der Waals surface area contributed by atoms with Crippen molar-refractivity contribution >= 4 is 11.6 Å². The summed E-state index contributed by atoms with van der Waals surface area (Å²) in [6.07, 6.45) is 0. The van der Waals surface area contributed by atoms with Crippen molar-refractivity contribution in [1.82, 2.24) is 0 Å². The lowest BCUT2D eigenvalue weighted by atomic mass is 10.1. The van der Waals surface area contributed by atoms with E-state index in [0.717, 1.165) is 5.56 Å². The Hall–Kier alpha value is -2.09. The molecule has 0 atom stereocenters. The zero-order valence-electron chi connectivity index (χ0n) is 10.6. The fourth-order valence-electron chi connectivity index (χ4n) is 1.83. The lowest BCUT2D eigenvalue weighted by molar-refractivity contribution is 0.302. The van der Waals surface area contributed by atoms with E-state index in [-0.39, 0.29) is 12.2 Å². The van der Waals surface area contributed by atoms with Crippen LogP contribution in [0.4, 0.5) is 4.39 Å². The summed E-state index contributed by atoms with van der Waals surface area (Å²) in [7, 11) is 0. The second kappa shape index (κ2) is 6.38. The fourth-order valence-corrected chi connectivity index (χ4v) is 2.08. The molecule has 0 aromatic heterocycles. The largest absolute Gasteiger partial charge is 0.487 e. The fraction of sp³-hybridized carbons (Fsp3) is 0.133. The molecular formula is C15H12ClFN2O. The Bertz CT molecular complexity index is 667. The molecular weight excluding hydrogens is 279 g/mol. The van der Waals surface area contributed by atoms with Gasteiger partial charge in [0.25, 0.3) is 0 Å². The molecule has 0 bridgehead atoms. The summed E-state index contributed by atoms with van der Waals surface area (Å²) in [6, 6.07) is 11.3. The second-order valence-electron chi connectivity index (χ2n) is 4.18. The molecule has 0 spiro atoms. The number of nitrogens with two attached hydrogens (primary N) is 1. The van der Waals surface area contributed by atoms with Gasteiger partial charge in [-0.2, -0.15) is 5.26 Å². The molecule has 0 saturated heterocycles. The molecule has 0 saturated carbocycles. The van der Waals surface area contributed by atoms with E-state index in [2.05, 4.69) is 0 Å². The number of ether oxygens (including phenoxy) is 1. The number of rotatable bonds is 4. The van der Waals surface area contributed by atoms with Crippen LogP contribution >= 0.6 is 11.6 Å². The SMILES string of the molecule is N#Cc1cc(F)cc(COc2c(Cl)cccc2CN)c1. The maximum absolute atomic E-state index is 13.3. The Labute approximate surface area is 121 Å². The smallest absolute Gasteiger partial charge is 0.142 e. The first kappa shape index (κ1) is 14.3. The summed E-state index contributed by atoms with van der Waals surface area (Å²) < 4.78 is 18.9. The van der Waals surface area contributed by atoms with Crippen LogP contribution in [0.2, 0.25) is 5.02 Å². The zero-order chi connectivity index (χ0) is 14.5. The predicted molar refractivity (Wildman–Crippen MR) is 74.8 cm³/mol. The van der Waals surface area contributed by atoms with Crippen molar-refractivity contribution in [3.63, 3.8) is 0 Å². The first-order valence-electron chi connectivity index (χ1n) is 5.94. The van der Waals surface area contributed by atoms with Gasteiger partial charge in [0, 0.05) is 12.1 Å². The van der Waals surface area contributed by atoms with Crippen LogP contribution in [0.25, 0.3) is 0 Å². The maximum Gasteiger partial charge on any atom is 0.142 e. The standard InChI is InChI=1S/C15H12ClFN2O/c16-14-3-1-2-12(8-19)15(14)20-9-11-4-10(7-18)5-13(17)6-11/h1-6H,8-9,19H2. The molecule has 0 fully saturated rings. The molecule has 102 valence electrons. The van der Waals surface area contributed by atoms with Gasteiger partial charge >= 0.3 is 0 Å². The van der Waals surface area contributed by atoms with Gasteiger partial charge in [-0.25, -0.2) is 4.39 Å². The summed E-state index contributed by atoms with van der Waals surface area (Å²) in [5.74, 6) is 0.0142. The van der Waals surface area contributed by atoms with Gasteiger partial charge in [-0.1, -0.05) is 23.7 Å². The summed E-state index contributed by atoms with van der Waals surface area (Å²) in [5.41, 5.74) is 7.20. The normalized spacial score (nSPS) is 10.1. The molecule has 0 aliphatic heterocycles. The third-order valence-corrected chi connectivity index (χ3v) is 3.04. The van der Waals surface area contributed by atoms with Crippen LogP contribution in [0, 0.1) is 17.1 Å². The Kier molecular flexibility index (Phi) is 4.57. The molecule has 0 aliphatic rings. The van der Waals surface area contributed by atoms with E-state index in [1.165, 1.54) is 12.1 Å². The third-order valence-electron chi connectivity index (χ3n) is 2.74. The van der Waals surface area contributed by atoms with Crippen molar-refractivity contribution in [2.75, 3.05) is 0 Å². The number of halogens is 2. The van der Waals surface area contributed by atoms with Crippen molar-refractivity contribution in [3.05, 3.63) is 63.9 Å². The Balaban J connectivity index is 2.21. The van der Waals surface area contributed by atoms with Crippen molar-refractivity contribution in [2.24, 2.45) is 5.73 Å². The molecule has 2 aromatic rings. The summed E-state index contributed by atoms with van der Waals surface area (Å²) in [4.78, 5) is 0. The van der Waals surface area contributed by atoms with Crippen LogP contribution in [0.5, 0.6) is 5.75 Å². The van der Waals surface area contributed by atoms with Crippen LogP contribution in [0.3, 0.4) is 0 Å². The van der Waals surface area contributed by atoms with Gasteiger partial charge < -0.3 is 10.5 Å². The maximum atomic E-state index is 13.3. The Morgan fingerprint density at radius 2 is 2.10 bits per heavy atom. The van der Waals surface area contributed by atoms with E-state index in [1.807, 2.05) is 12.1 Å². The molecule has 0 aliphatic carbocycles. The average molecular weight is 291 g/mol. The zero-order valence-corrected chi connectivity index (χ0v) is 11.3. The highest BCUT2D eigenvalue weighted by atomic mass is 35.5. The van der Waals surface area contributed by atoms with Crippen LogP contribution < -0.4 is 10.5 Å². The highest BCUT2D eigenvalue weighted by Gasteiger charge is 2.08. The van der Waals surface area contributed by atoms with Gasteiger partial charge in [0.2, 0.25) is 0 Å². The van der Waals surface area contributed by atoms with Crippen molar-refractivity contribution in [3.8, 4) is 11.8 Å².